The first-order chi connectivity index (χ1) is 14.3. The lowest BCUT2D eigenvalue weighted by Crippen LogP contribution is -2.49. The van der Waals surface area contributed by atoms with Crippen molar-refractivity contribution in [3.63, 3.8) is 0 Å². The highest BCUT2D eigenvalue weighted by atomic mass is 31.1. The van der Waals surface area contributed by atoms with Gasteiger partial charge in [-0.3, -0.25) is 0 Å². The molecule has 0 bridgehead atoms. The van der Waals surface area contributed by atoms with E-state index in [9.17, 15) is 0 Å². The highest BCUT2D eigenvalue weighted by Crippen LogP contribution is 2.64. The molecule has 0 saturated carbocycles. The molecular formula is C30H58P2Si. The number of benzene rings is 1. The van der Waals surface area contributed by atoms with Gasteiger partial charge in [-0.2, -0.15) is 0 Å². The Hall–Kier alpha value is 0.297. The van der Waals surface area contributed by atoms with Crippen LogP contribution in [0.4, 0.5) is 0 Å². The van der Waals surface area contributed by atoms with Gasteiger partial charge in [-0.1, -0.05) is 156 Å². The Balaban J connectivity index is 3.73. The molecule has 0 aromatic heterocycles. The normalized spacial score (nSPS) is 15.0. The Morgan fingerprint density at radius 2 is 0.879 bits per heavy atom. The van der Waals surface area contributed by atoms with E-state index in [1.807, 2.05) is 0 Å². The molecule has 3 heteroatoms. The predicted octanol–water partition coefficient (Wildman–Crippen LogP) is 10.6. The van der Waals surface area contributed by atoms with Gasteiger partial charge in [-0.15, -0.1) is 0 Å². The first kappa shape index (κ1) is 31.3. The van der Waals surface area contributed by atoms with Crippen LogP contribution in [-0.4, -0.2) is 28.7 Å². The van der Waals surface area contributed by atoms with Gasteiger partial charge < -0.3 is 0 Å². The number of hydrogen-bond acceptors (Lipinski definition) is 0. The van der Waals surface area contributed by atoms with E-state index in [2.05, 4.69) is 135 Å². The van der Waals surface area contributed by atoms with E-state index in [0.29, 0.717) is 25.7 Å². The maximum atomic E-state index is 2.68. The fourth-order valence-corrected chi connectivity index (χ4v) is 14.2. The lowest BCUT2D eigenvalue weighted by molar-refractivity contribution is 0.699. The molecule has 192 valence electrons. The second kappa shape index (κ2) is 9.98. The lowest BCUT2D eigenvalue weighted by Gasteiger charge is -2.44. The first-order valence-electron chi connectivity index (χ1n) is 13.0. The van der Waals surface area contributed by atoms with E-state index < -0.39 is 8.07 Å². The van der Waals surface area contributed by atoms with Crippen LogP contribution in [0.1, 0.15) is 115 Å². The Kier molecular flexibility index (Phi) is 9.48. The zero-order chi connectivity index (χ0) is 26.4. The van der Waals surface area contributed by atoms with Crippen LogP contribution in [0.2, 0.25) is 18.1 Å². The molecule has 1 aromatic rings. The Morgan fingerprint density at radius 3 is 1.18 bits per heavy atom. The maximum Gasteiger partial charge on any atom is 0.0859 e. The predicted molar refractivity (Wildman–Crippen MR) is 164 cm³/mol. The standard InChI is InChI=1S/C30H58P2Si/c1-26(2,3)31(27(4,5)6)21-23-18-19-25(33(16,17)30(13,14)15)20-24(23)22-32(28(7,8)9)29(10,11)12/h18-20H,21-22H2,1-17H3. The molecular weight excluding hydrogens is 450 g/mol. The second-order valence-electron chi connectivity index (χ2n) is 15.7. The summed E-state index contributed by atoms with van der Waals surface area (Å²) in [6, 6.07) is 7.75. The minimum absolute atomic E-state index is 0.158. The highest BCUT2D eigenvalue weighted by Gasteiger charge is 2.40. The van der Waals surface area contributed by atoms with Crippen molar-refractivity contribution < 1.29 is 0 Å². The van der Waals surface area contributed by atoms with Crippen LogP contribution in [0.5, 0.6) is 0 Å². The summed E-state index contributed by atoms with van der Waals surface area (Å²) in [5, 5.41) is 3.38. The molecule has 0 amide bonds. The van der Waals surface area contributed by atoms with Crippen molar-refractivity contribution >= 4 is 29.1 Å². The third-order valence-corrected chi connectivity index (χ3v) is 21.0. The van der Waals surface area contributed by atoms with Crippen LogP contribution in [0.25, 0.3) is 0 Å². The summed E-state index contributed by atoms with van der Waals surface area (Å²) in [4.78, 5) is 0. The zero-order valence-electron chi connectivity index (χ0n) is 25.5. The van der Waals surface area contributed by atoms with Crippen molar-refractivity contribution in [2.45, 2.75) is 155 Å². The van der Waals surface area contributed by atoms with Gasteiger partial charge in [0, 0.05) is 0 Å². The van der Waals surface area contributed by atoms with E-state index in [4.69, 9.17) is 0 Å². The average Bonchev–Trinajstić information content (AvgIpc) is 2.52. The summed E-state index contributed by atoms with van der Waals surface area (Å²) < 4.78 is 0. The minimum Gasteiger partial charge on any atom is -0.0911 e. The summed E-state index contributed by atoms with van der Waals surface area (Å²) in [5.74, 6) is 0. The molecule has 33 heavy (non-hydrogen) atoms. The molecule has 0 N–H and O–H groups in total. The molecule has 0 spiro atoms. The summed E-state index contributed by atoms with van der Waals surface area (Å²) in [6.07, 6.45) is 2.49. The minimum atomic E-state index is -1.58. The van der Waals surface area contributed by atoms with Gasteiger partial charge in [0.2, 0.25) is 0 Å². The van der Waals surface area contributed by atoms with Crippen LogP contribution in [-0.2, 0) is 12.3 Å². The molecule has 0 saturated heterocycles. The molecule has 1 aromatic carbocycles. The zero-order valence-corrected chi connectivity index (χ0v) is 28.3. The van der Waals surface area contributed by atoms with Gasteiger partial charge in [0.25, 0.3) is 0 Å². The van der Waals surface area contributed by atoms with Gasteiger partial charge in [0.05, 0.1) is 8.07 Å². The molecule has 0 heterocycles. The molecule has 0 aliphatic rings. The van der Waals surface area contributed by atoms with Gasteiger partial charge >= 0.3 is 0 Å². The van der Waals surface area contributed by atoms with E-state index in [-0.39, 0.29) is 15.8 Å². The van der Waals surface area contributed by atoms with E-state index in [1.54, 1.807) is 16.3 Å². The summed E-state index contributed by atoms with van der Waals surface area (Å²) in [7, 11) is -1.91. The van der Waals surface area contributed by atoms with Crippen molar-refractivity contribution in [2.24, 2.45) is 0 Å². The SMILES string of the molecule is CC(C)(C)P(Cc1ccc([Si](C)(C)C(C)(C)C)cc1CP(C(C)(C)C)C(C)(C)C)C(C)(C)C. The fraction of sp³-hybridized carbons (Fsp3) is 0.800. The number of rotatable bonds is 5. The van der Waals surface area contributed by atoms with Gasteiger partial charge in [0.15, 0.2) is 0 Å². The second-order valence-corrected chi connectivity index (χ2v) is 28.8. The van der Waals surface area contributed by atoms with E-state index in [1.165, 1.54) is 12.3 Å². The third kappa shape index (κ3) is 8.15. The summed E-state index contributed by atoms with van der Waals surface area (Å²) in [5.41, 5.74) is 3.30. The molecule has 0 atom stereocenters. The van der Waals surface area contributed by atoms with Gasteiger partial charge in [-0.25, -0.2) is 0 Å². The van der Waals surface area contributed by atoms with Crippen LogP contribution >= 0.6 is 15.8 Å². The third-order valence-electron chi connectivity index (χ3n) is 7.70. The van der Waals surface area contributed by atoms with Crippen molar-refractivity contribution in [1.29, 1.82) is 0 Å². The Morgan fingerprint density at radius 1 is 0.545 bits per heavy atom. The van der Waals surface area contributed by atoms with Crippen molar-refractivity contribution in [1.82, 2.24) is 0 Å². The van der Waals surface area contributed by atoms with Gasteiger partial charge in [-0.05, 0) is 49.1 Å². The maximum absolute atomic E-state index is 2.68. The van der Waals surface area contributed by atoms with Crippen molar-refractivity contribution in [3.05, 3.63) is 29.3 Å². The monoisotopic (exact) mass is 508 g/mol. The van der Waals surface area contributed by atoms with E-state index in [0.717, 1.165) is 0 Å². The first-order valence-corrected chi connectivity index (χ1v) is 19.0. The molecule has 0 radical (unpaired) electrons. The van der Waals surface area contributed by atoms with Crippen molar-refractivity contribution in [3.8, 4) is 0 Å². The smallest absolute Gasteiger partial charge is 0.0859 e. The molecule has 0 aliphatic carbocycles. The fourth-order valence-electron chi connectivity index (χ4n) is 5.05. The highest BCUT2D eigenvalue weighted by molar-refractivity contribution is 7.60. The van der Waals surface area contributed by atoms with Crippen LogP contribution in [0.15, 0.2) is 18.2 Å². The molecule has 0 fully saturated rings. The topological polar surface area (TPSA) is 0 Å². The van der Waals surface area contributed by atoms with Crippen LogP contribution < -0.4 is 5.19 Å². The molecule has 0 unspecified atom stereocenters. The molecule has 1 rings (SSSR count). The average molecular weight is 509 g/mol. The summed E-state index contributed by atoms with van der Waals surface area (Å²) in [6.45, 7) is 42.1. The van der Waals surface area contributed by atoms with E-state index >= 15 is 0 Å². The van der Waals surface area contributed by atoms with Crippen molar-refractivity contribution in [2.75, 3.05) is 0 Å². The summed E-state index contributed by atoms with van der Waals surface area (Å²) >= 11 is 0. The molecule has 0 nitrogen and oxygen atoms in total. The Labute approximate surface area is 213 Å². The number of hydrogen-bond donors (Lipinski definition) is 0. The Bertz CT molecular complexity index is 759. The quantitative estimate of drug-likeness (QED) is 0.274. The molecule has 0 aliphatic heterocycles. The largest absolute Gasteiger partial charge is 0.0911 e. The lowest BCUT2D eigenvalue weighted by atomic mass is 10.1. The van der Waals surface area contributed by atoms with Gasteiger partial charge in [0.1, 0.15) is 0 Å². The van der Waals surface area contributed by atoms with Crippen LogP contribution in [0.3, 0.4) is 0 Å². The van der Waals surface area contributed by atoms with Crippen LogP contribution in [0, 0.1) is 0 Å².